The Morgan fingerprint density at radius 3 is 2.32 bits per heavy atom. The standard InChI is InChI=1S/C11H7F3N2O5S/c1-5-2-9(15-21-5)20-11(17)16-22(18,19)10-7(13)3-6(12)4-8(10)14/h2-4H,1H3,(H,16,17). The average molecular weight is 336 g/mol. The van der Waals surface area contributed by atoms with Gasteiger partial charge in [-0.25, -0.2) is 31.1 Å². The lowest BCUT2D eigenvalue weighted by Crippen LogP contribution is -2.34. The Morgan fingerprint density at radius 2 is 1.82 bits per heavy atom. The summed E-state index contributed by atoms with van der Waals surface area (Å²) in [6, 6.07) is 1.49. The maximum absolute atomic E-state index is 13.4. The van der Waals surface area contributed by atoms with Crippen LogP contribution >= 0.6 is 0 Å². The Morgan fingerprint density at radius 1 is 1.23 bits per heavy atom. The van der Waals surface area contributed by atoms with E-state index in [1.807, 2.05) is 0 Å². The Labute approximate surface area is 121 Å². The first kappa shape index (κ1) is 15.8. The summed E-state index contributed by atoms with van der Waals surface area (Å²) < 4.78 is 73.3. The van der Waals surface area contributed by atoms with E-state index in [0.717, 1.165) is 0 Å². The molecule has 2 aromatic rings. The van der Waals surface area contributed by atoms with Gasteiger partial charge in [0.05, 0.1) is 0 Å². The summed E-state index contributed by atoms with van der Waals surface area (Å²) in [6.07, 6.45) is -1.57. The number of ether oxygens (including phenoxy) is 1. The van der Waals surface area contributed by atoms with Crippen LogP contribution in [0.5, 0.6) is 5.88 Å². The molecule has 0 aliphatic carbocycles. The molecular formula is C11H7F3N2O5S. The molecule has 0 aliphatic heterocycles. The number of benzene rings is 1. The number of rotatable bonds is 3. The van der Waals surface area contributed by atoms with Gasteiger partial charge in [-0.3, -0.25) is 0 Å². The first-order chi connectivity index (χ1) is 10.2. The van der Waals surface area contributed by atoms with Gasteiger partial charge >= 0.3 is 6.09 Å². The molecule has 0 atom stereocenters. The lowest BCUT2D eigenvalue weighted by Gasteiger charge is -2.08. The SMILES string of the molecule is Cc1cc(OC(=O)NS(=O)(=O)c2c(F)cc(F)cc2F)no1. The van der Waals surface area contributed by atoms with Crippen molar-refractivity contribution in [2.24, 2.45) is 0 Å². The fraction of sp³-hybridized carbons (Fsp3) is 0.0909. The number of amides is 1. The number of carbonyl (C=O) groups is 1. The molecule has 1 N–H and O–H groups in total. The smallest absolute Gasteiger partial charge is 0.387 e. The van der Waals surface area contributed by atoms with E-state index in [9.17, 15) is 26.4 Å². The first-order valence-corrected chi connectivity index (χ1v) is 7.00. The Kier molecular flexibility index (Phi) is 4.08. The van der Waals surface area contributed by atoms with Crippen molar-refractivity contribution in [1.82, 2.24) is 9.88 Å². The van der Waals surface area contributed by atoms with Crippen LogP contribution in [0.1, 0.15) is 5.76 Å². The molecule has 118 valence electrons. The van der Waals surface area contributed by atoms with Crippen LogP contribution in [0.3, 0.4) is 0 Å². The van der Waals surface area contributed by atoms with Crippen molar-refractivity contribution >= 4 is 16.1 Å². The predicted octanol–water partition coefficient (Wildman–Crippen LogP) is 1.88. The number of hydrogen-bond acceptors (Lipinski definition) is 6. The molecule has 2 rings (SSSR count). The number of carbonyl (C=O) groups excluding carboxylic acids is 1. The average Bonchev–Trinajstić information content (AvgIpc) is 2.71. The third-order valence-corrected chi connectivity index (χ3v) is 3.62. The molecule has 0 saturated heterocycles. The molecule has 7 nitrogen and oxygen atoms in total. The van der Waals surface area contributed by atoms with Crippen LogP contribution in [-0.2, 0) is 10.0 Å². The van der Waals surface area contributed by atoms with E-state index in [4.69, 9.17) is 0 Å². The Bertz CT molecular complexity index is 811. The molecule has 0 aliphatic rings. The summed E-state index contributed by atoms with van der Waals surface area (Å²) >= 11 is 0. The van der Waals surface area contributed by atoms with Crippen molar-refractivity contribution in [2.75, 3.05) is 0 Å². The molecule has 0 unspecified atom stereocenters. The number of nitrogens with one attached hydrogen (secondary N) is 1. The Hall–Kier alpha value is -2.56. The van der Waals surface area contributed by atoms with Crippen molar-refractivity contribution in [3.05, 3.63) is 41.4 Å². The van der Waals surface area contributed by atoms with Crippen LogP contribution < -0.4 is 9.46 Å². The highest BCUT2D eigenvalue weighted by atomic mass is 32.2. The van der Waals surface area contributed by atoms with Gasteiger partial charge in [-0.15, -0.1) is 0 Å². The third-order valence-electron chi connectivity index (χ3n) is 2.25. The summed E-state index contributed by atoms with van der Waals surface area (Å²) in [7, 11) is -4.95. The van der Waals surface area contributed by atoms with E-state index in [1.165, 1.54) is 17.7 Å². The lowest BCUT2D eigenvalue weighted by molar-refractivity contribution is 0.202. The second kappa shape index (κ2) is 5.67. The maximum Gasteiger partial charge on any atom is 0.428 e. The highest BCUT2D eigenvalue weighted by molar-refractivity contribution is 7.90. The highest BCUT2D eigenvalue weighted by Gasteiger charge is 2.28. The van der Waals surface area contributed by atoms with Gasteiger partial charge in [0.25, 0.3) is 15.9 Å². The molecule has 0 radical (unpaired) electrons. The lowest BCUT2D eigenvalue weighted by atomic mass is 10.3. The molecule has 0 spiro atoms. The zero-order valence-electron chi connectivity index (χ0n) is 10.8. The van der Waals surface area contributed by atoms with E-state index in [-0.39, 0.29) is 23.8 Å². The Balaban J connectivity index is 2.23. The van der Waals surface area contributed by atoms with Gasteiger partial charge in [0, 0.05) is 18.2 Å². The van der Waals surface area contributed by atoms with E-state index in [0.29, 0.717) is 0 Å². The molecule has 22 heavy (non-hydrogen) atoms. The van der Waals surface area contributed by atoms with Crippen LogP contribution in [-0.4, -0.2) is 19.7 Å². The van der Waals surface area contributed by atoms with Crippen molar-refractivity contribution < 1.29 is 35.6 Å². The van der Waals surface area contributed by atoms with E-state index in [2.05, 4.69) is 14.4 Å². The summed E-state index contributed by atoms with van der Waals surface area (Å²) in [5.41, 5.74) is 0. The number of hydrogen-bond donors (Lipinski definition) is 1. The van der Waals surface area contributed by atoms with Crippen molar-refractivity contribution in [3.63, 3.8) is 0 Å². The fourth-order valence-electron chi connectivity index (χ4n) is 1.45. The molecule has 0 saturated carbocycles. The summed E-state index contributed by atoms with van der Waals surface area (Å²) in [6.45, 7) is 1.48. The molecule has 0 bridgehead atoms. The first-order valence-electron chi connectivity index (χ1n) is 5.51. The van der Waals surface area contributed by atoms with Crippen molar-refractivity contribution in [1.29, 1.82) is 0 Å². The fourth-order valence-corrected chi connectivity index (χ4v) is 2.45. The van der Waals surface area contributed by atoms with Crippen LogP contribution in [0.4, 0.5) is 18.0 Å². The molecule has 0 fully saturated rings. The minimum absolute atomic E-state index is 0.157. The van der Waals surface area contributed by atoms with Gasteiger partial charge < -0.3 is 9.26 Å². The normalized spacial score (nSPS) is 11.3. The number of aryl methyl sites for hydroxylation is 1. The van der Waals surface area contributed by atoms with E-state index < -0.39 is 38.5 Å². The van der Waals surface area contributed by atoms with E-state index in [1.54, 1.807) is 0 Å². The van der Waals surface area contributed by atoms with Gasteiger partial charge in [0.15, 0.2) is 4.90 Å². The second-order valence-electron chi connectivity index (χ2n) is 3.97. The minimum atomic E-state index is -4.95. The van der Waals surface area contributed by atoms with Crippen molar-refractivity contribution in [2.45, 2.75) is 11.8 Å². The van der Waals surface area contributed by atoms with Gasteiger partial charge in [0.1, 0.15) is 23.2 Å². The number of aromatic nitrogens is 1. The van der Waals surface area contributed by atoms with Gasteiger partial charge in [0.2, 0.25) is 0 Å². The molecule has 11 heteroatoms. The summed E-state index contributed by atoms with van der Waals surface area (Å²) in [5, 5.41) is 3.25. The quantitative estimate of drug-likeness (QED) is 0.919. The number of halogens is 3. The largest absolute Gasteiger partial charge is 0.428 e. The van der Waals surface area contributed by atoms with Crippen LogP contribution in [0.25, 0.3) is 0 Å². The second-order valence-corrected chi connectivity index (χ2v) is 5.59. The zero-order chi connectivity index (χ0) is 16.5. The van der Waals surface area contributed by atoms with Crippen LogP contribution in [0.2, 0.25) is 0 Å². The third kappa shape index (κ3) is 3.36. The van der Waals surface area contributed by atoms with Crippen LogP contribution in [0.15, 0.2) is 27.6 Å². The molecule has 1 amide bonds. The zero-order valence-corrected chi connectivity index (χ0v) is 11.6. The van der Waals surface area contributed by atoms with Gasteiger partial charge in [-0.2, -0.15) is 0 Å². The number of nitrogens with zero attached hydrogens (tertiary/aromatic N) is 1. The predicted molar refractivity (Wildman–Crippen MR) is 63.9 cm³/mol. The van der Waals surface area contributed by atoms with Gasteiger partial charge in [-0.1, -0.05) is 0 Å². The van der Waals surface area contributed by atoms with Crippen LogP contribution in [0, 0.1) is 24.4 Å². The van der Waals surface area contributed by atoms with Gasteiger partial charge in [-0.05, 0) is 12.1 Å². The molecular weight excluding hydrogens is 329 g/mol. The molecule has 1 aromatic heterocycles. The number of sulfonamides is 1. The summed E-state index contributed by atoms with van der Waals surface area (Å²) in [5.74, 6) is -4.79. The van der Waals surface area contributed by atoms with Crippen molar-refractivity contribution in [3.8, 4) is 5.88 Å². The maximum atomic E-state index is 13.4. The monoisotopic (exact) mass is 336 g/mol. The van der Waals surface area contributed by atoms with E-state index >= 15 is 0 Å². The molecule has 1 aromatic carbocycles. The highest BCUT2D eigenvalue weighted by Crippen LogP contribution is 2.20. The molecule has 1 heterocycles. The summed E-state index contributed by atoms with van der Waals surface area (Å²) in [4.78, 5) is 9.88. The topological polar surface area (TPSA) is 98.5 Å². The minimum Gasteiger partial charge on any atom is -0.387 e.